The van der Waals surface area contributed by atoms with Gasteiger partial charge in [0.1, 0.15) is 0 Å². The second kappa shape index (κ2) is 8.77. The zero-order valence-corrected chi connectivity index (χ0v) is 12.4. The molecular formula is C13H26N2O2S. The van der Waals surface area contributed by atoms with Crippen molar-refractivity contribution in [2.75, 3.05) is 38.3 Å². The van der Waals surface area contributed by atoms with Gasteiger partial charge < -0.3 is 15.4 Å². The number of amides is 1. The fourth-order valence-corrected chi connectivity index (χ4v) is 3.58. The standard InChI is InChI=1S/C13H26N2O2S/c1-3-4-11(9-14)13(16)15(6-7-17-2)12-5-8-18-10-12/h11-12H,3-10,14H2,1-2H3. The molecule has 1 amide bonds. The number of nitrogens with zero attached hydrogens (tertiary/aromatic N) is 1. The number of hydrogen-bond donors (Lipinski definition) is 1. The number of methoxy groups -OCH3 is 1. The second-order valence-corrected chi connectivity index (χ2v) is 5.91. The third kappa shape index (κ3) is 4.44. The summed E-state index contributed by atoms with van der Waals surface area (Å²) in [7, 11) is 1.68. The number of nitrogens with two attached hydrogens (primary N) is 1. The number of hydrogen-bond acceptors (Lipinski definition) is 4. The summed E-state index contributed by atoms with van der Waals surface area (Å²) in [5.41, 5.74) is 5.74. The lowest BCUT2D eigenvalue weighted by atomic mass is 10.0. The van der Waals surface area contributed by atoms with Gasteiger partial charge in [-0.15, -0.1) is 0 Å². The molecule has 2 N–H and O–H groups in total. The van der Waals surface area contributed by atoms with E-state index in [9.17, 15) is 4.79 Å². The second-order valence-electron chi connectivity index (χ2n) is 4.76. The lowest BCUT2D eigenvalue weighted by molar-refractivity contribution is -0.138. The fraction of sp³-hybridized carbons (Fsp3) is 0.923. The lowest BCUT2D eigenvalue weighted by Crippen LogP contribution is -2.47. The van der Waals surface area contributed by atoms with Crippen LogP contribution in [0.3, 0.4) is 0 Å². The van der Waals surface area contributed by atoms with Crippen molar-refractivity contribution < 1.29 is 9.53 Å². The van der Waals surface area contributed by atoms with Crippen LogP contribution >= 0.6 is 11.8 Å². The van der Waals surface area contributed by atoms with E-state index < -0.39 is 0 Å². The van der Waals surface area contributed by atoms with Crippen molar-refractivity contribution in [2.24, 2.45) is 11.7 Å². The Balaban J connectivity index is 2.63. The first-order valence-corrected chi connectivity index (χ1v) is 7.97. The highest BCUT2D eigenvalue weighted by Gasteiger charge is 2.30. The summed E-state index contributed by atoms with van der Waals surface area (Å²) in [4.78, 5) is 14.5. The van der Waals surface area contributed by atoms with Crippen LogP contribution in [0.2, 0.25) is 0 Å². The topological polar surface area (TPSA) is 55.6 Å². The monoisotopic (exact) mass is 274 g/mol. The Kier molecular flexibility index (Phi) is 7.70. The molecule has 2 atom stereocenters. The molecule has 2 unspecified atom stereocenters. The molecule has 0 aliphatic carbocycles. The van der Waals surface area contributed by atoms with Crippen LogP contribution in [-0.2, 0) is 9.53 Å². The first-order valence-electron chi connectivity index (χ1n) is 6.81. The van der Waals surface area contributed by atoms with Gasteiger partial charge in [-0.25, -0.2) is 0 Å². The van der Waals surface area contributed by atoms with E-state index in [4.69, 9.17) is 10.5 Å². The van der Waals surface area contributed by atoms with E-state index in [1.54, 1.807) is 7.11 Å². The first-order chi connectivity index (χ1) is 8.74. The van der Waals surface area contributed by atoms with E-state index in [1.807, 2.05) is 16.7 Å². The molecule has 0 radical (unpaired) electrons. The third-order valence-corrected chi connectivity index (χ3v) is 4.58. The van der Waals surface area contributed by atoms with Gasteiger partial charge in [-0.05, 0) is 18.6 Å². The smallest absolute Gasteiger partial charge is 0.227 e. The van der Waals surface area contributed by atoms with Crippen LogP contribution in [0.5, 0.6) is 0 Å². The Bertz CT molecular complexity index is 245. The van der Waals surface area contributed by atoms with Crippen LogP contribution in [0.4, 0.5) is 0 Å². The van der Waals surface area contributed by atoms with Crippen molar-refractivity contribution in [3.8, 4) is 0 Å². The predicted molar refractivity (Wildman–Crippen MR) is 76.8 cm³/mol. The molecule has 0 aromatic heterocycles. The third-order valence-electron chi connectivity index (χ3n) is 3.44. The Labute approximate surface area is 115 Å². The van der Waals surface area contributed by atoms with Crippen molar-refractivity contribution in [3.63, 3.8) is 0 Å². The van der Waals surface area contributed by atoms with Crippen LogP contribution in [0.1, 0.15) is 26.2 Å². The molecule has 0 bridgehead atoms. The maximum atomic E-state index is 12.5. The maximum absolute atomic E-state index is 12.5. The van der Waals surface area contributed by atoms with Gasteiger partial charge in [0, 0.05) is 32.0 Å². The van der Waals surface area contributed by atoms with E-state index in [-0.39, 0.29) is 11.8 Å². The van der Waals surface area contributed by atoms with Crippen LogP contribution in [-0.4, -0.2) is 55.2 Å². The summed E-state index contributed by atoms with van der Waals surface area (Å²) in [5.74, 6) is 2.42. The Morgan fingerprint density at radius 1 is 1.61 bits per heavy atom. The maximum Gasteiger partial charge on any atom is 0.227 e. The molecule has 0 aromatic carbocycles. The summed E-state index contributed by atoms with van der Waals surface area (Å²) < 4.78 is 5.12. The molecule has 0 aromatic rings. The fourth-order valence-electron chi connectivity index (χ4n) is 2.36. The number of rotatable bonds is 8. The van der Waals surface area contributed by atoms with Crippen molar-refractivity contribution in [1.29, 1.82) is 0 Å². The van der Waals surface area contributed by atoms with Crippen LogP contribution in [0.25, 0.3) is 0 Å². The van der Waals surface area contributed by atoms with E-state index in [2.05, 4.69) is 6.92 Å². The summed E-state index contributed by atoms with van der Waals surface area (Å²) in [5, 5.41) is 0. The van der Waals surface area contributed by atoms with Crippen LogP contribution < -0.4 is 5.73 Å². The van der Waals surface area contributed by atoms with Gasteiger partial charge in [0.05, 0.1) is 12.5 Å². The number of carbonyl (C=O) groups excluding carboxylic acids is 1. The Morgan fingerprint density at radius 3 is 2.89 bits per heavy atom. The normalized spacial score (nSPS) is 20.9. The van der Waals surface area contributed by atoms with E-state index in [0.29, 0.717) is 25.7 Å². The highest BCUT2D eigenvalue weighted by molar-refractivity contribution is 7.99. The molecule has 0 spiro atoms. The molecule has 5 heteroatoms. The Morgan fingerprint density at radius 2 is 2.39 bits per heavy atom. The predicted octanol–water partition coefficient (Wildman–Crippen LogP) is 1.34. The lowest BCUT2D eigenvalue weighted by Gasteiger charge is -2.31. The number of carbonyl (C=O) groups is 1. The minimum atomic E-state index is -0.0162. The van der Waals surface area contributed by atoms with Crippen molar-refractivity contribution >= 4 is 17.7 Å². The highest BCUT2D eigenvalue weighted by Crippen LogP contribution is 2.24. The van der Waals surface area contributed by atoms with E-state index in [0.717, 1.165) is 30.8 Å². The largest absolute Gasteiger partial charge is 0.383 e. The van der Waals surface area contributed by atoms with Gasteiger partial charge in [0.25, 0.3) is 0 Å². The number of ether oxygens (including phenoxy) is 1. The van der Waals surface area contributed by atoms with Crippen molar-refractivity contribution in [3.05, 3.63) is 0 Å². The highest BCUT2D eigenvalue weighted by atomic mass is 32.2. The molecule has 1 saturated heterocycles. The van der Waals surface area contributed by atoms with Crippen molar-refractivity contribution in [2.45, 2.75) is 32.2 Å². The van der Waals surface area contributed by atoms with Gasteiger partial charge in [-0.1, -0.05) is 13.3 Å². The van der Waals surface area contributed by atoms with Gasteiger partial charge in [-0.2, -0.15) is 11.8 Å². The summed E-state index contributed by atoms with van der Waals surface area (Å²) in [6, 6.07) is 0.378. The molecule has 0 saturated carbocycles. The van der Waals surface area contributed by atoms with E-state index >= 15 is 0 Å². The molecule has 4 nitrogen and oxygen atoms in total. The summed E-state index contributed by atoms with van der Waals surface area (Å²) in [6.45, 7) is 3.86. The minimum absolute atomic E-state index is 0.0162. The van der Waals surface area contributed by atoms with Gasteiger partial charge >= 0.3 is 0 Å². The average molecular weight is 274 g/mol. The minimum Gasteiger partial charge on any atom is -0.383 e. The van der Waals surface area contributed by atoms with E-state index in [1.165, 1.54) is 0 Å². The quantitative estimate of drug-likeness (QED) is 0.726. The van der Waals surface area contributed by atoms with Crippen molar-refractivity contribution in [1.82, 2.24) is 4.90 Å². The molecule has 1 rings (SSSR count). The average Bonchev–Trinajstić information content (AvgIpc) is 2.90. The van der Waals surface area contributed by atoms with Gasteiger partial charge in [0.15, 0.2) is 0 Å². The zero-order chi connectivity index (χ0) is 13.4. The molecule has 1 aliphatic rings. The summed E-state index contributed by atoms with van der Waals surface area (Å²) in [6.07, 6.45) is 2.99. The molecule has 1 fully saturated rings. The van der Waals surface area contributed by atoms with Gasteiger partial charge in [-0.3, -0.25) is 4.79 Å². The molecule has 1 aliphatic heterocycles. The molecule has 1 heterocycles. The summed E-state index contributed by atoms with van der Waals surface area (Å²) >= 11 is 1.93. The molecule has 106 valence electrons. The molecular weight excluding hydrogens is 248 g/mol. The number of thioether (sulfide) groups is 1. The van der Waals surface area contributed by atoms with Gasteiger partial charge in [0.2, 0.25) is 5.91 Å². The van der Waals surface area contributed by atoms with Crippen LogP contribution in [0.15, 0.2) is 0 Å². The Hall–Kier alpha value is -0.260. The first kappa shape index (κ1) is 15.8. The molecule has 18 heavy (non-hydrogen) atoms. The SMILES string of the molecule is CCCC(CN)C(=O)N(CCOC)C1CCSC1. The zero-order valence-electron chi connectivity index (χ0n) is 11.6. The van der Waals surface area contributed by atoms with Crippen LogP contribution in [0, 0.1) is 5.92 Å².